The second-order valence-corrected chi connectivity index (χ2v) is 6.24. The zero-order valence-corrected chi connectivity index (χ0v) is 12.7. The van der Waals surface area contributed by atoms with Gasteiger partial charge in [-0.05, 0) is 30.2 Å². The Morgan fingerprint density at radius 2 is 2.05 bits per heavy atom. The maximum absolute atomic E-state index is 12.1. The molecule has 1 aromatic carbocycles. The predicted molar refractivity (Wildman–Crippen MR) is 83.4 cm³/mol. The van der Waals surface area contributed by atoms with E-state index in [0.29, 0.717) is 18.7 Å². The first-order valence-electron chi connectivity index (χ1n) is 7.04. The highest BCUT2D eigenvalue weighted by molar-refractivity contribution is 8.01. The molecular weight excluding hydrogens is 300 g/mol. The fourth-order valence-corrected chi connectivity index (χ4v) is 3.49. The smallest absolute Gasteiger partial charge is 0.239 e. The lowest BCUT2D eigenvalue weighted by atomic mass is 10.1. The molecule has 0 bridgehead atoms. The van der Waals surface area contributed by atoms with Gasteiger partial charge in [-0.15, -0.1) is 11.8 Å². The summed E-state index contributed by atoms with van der Waals surface area (Å²) in [5, 5.41) is 5.22. The quantitative estimate of drug-likeness (QED) is 0.881. The Morgan fingerprint density at radius 1 is 1.18 bits per heavy atom. The predicted octanol–water partition coefficient (Wildman–Crippen LogP) is 1.73. The normalized spacial score (nSPS) is 16.1. The third-order valence-corrected chi connectivity index (χ3v) is 4.72. The van der Waals surface area contributed by atoms with Gasteiger partial charge in [-0.1, -0.05) is 18.2 Å². The molecule has 1 unspecified atom stereocenters. The fourth-order valence-electron chi connectivity index (χ4n) is 2.27. The molecule has 0 saturated carbocycles. The zero-order chi connectivity index (χ0) is 15.4. The van der Waals surface area contributed by atoms with E-state index in [4.69, 9.17) is 4.42 Å². The summed E-state index contributed by atoms with van der Waals surface area (Å²) in [5.74, 6) is 0.348. The Hall–Kier alpha value is -2.21. The van der Waals surface area contributed by atoms with Crippen molar-refractivity contribution in [2.24, 2.45) is 0 Å². The Kier molecular flexibility index (Phi) is 4.48. The van der Waals surface area contributed by atoms with E-state index < -0.39 is 0 Å². The first kappa shape index (κ1) is 14.7. The Labute approximate surface area is 132 Å². The zero-order valence-electron chi connectivity index (χ0n) is 11.9. The van der Waals surface area contributed by atoms with Gasteiger partial charge in [0, 0.05) is 4.90 Å². The molecule has 0 aliphatic carbocycles. The van der Waals surface area contributed by atoms with Crippen molar-refractivity contribution in [3.05, 3.63) is 54.0 Å². The van der Waals surface area contributed by atoms with Crippen molar-refractivity contribution in [1.29, 1.82) is 0 Å². The van der Waals surface area contributed by atoms with Gasteiger partial charge in [-0.3, -0.25) is 9.59 Å². The molecular formula is C16H16N2O3S. The van der Waals surface area contributed by atoms with E-state index in [2.05, 4.69) is 10.6 Å². The number of fused-ring (bicyclic) bond motifs is 1. The van der Waals surface area contributed by atoms with Gasteiger partial charge in [0.15, 0.2) is 0 Å². The van der Waals surface area contributed by atoms with Crippen molar-refractivity contribution >= 4 is 23.6 Å². The molecule has 3 rings (SSSR count). The molecule has 1 aliphatic heterocycles. The van der Waals surface area contributed by atoms with Crippen molar-refractivity contribution in [1.82, 2.24) is 10.6 Å². The number of carbonyl (C=O) groups is 2. The van der Waals surface area contributed by atoms with Crippen molar-refractivity contribution in [2.45, 2.75) is 23.1 Å². The van der Waals surface area contributed by atoms with Crippen LogP contribution in [0.4, 0.5) is 0 Å². The van der Waals surface area contributed by atoms with E-state index >= 15 is 0 Å². The van der Waals surface area contributed by atoms with Gasteiger partial charge in [0.2, 0.25) is 11.8 Å². The van der Waals surface area contributed by atoms with Crippen LogP contribution in [-0.2, 0) is 22.6 Å². The number of hydrogen-bond donors (Lipinski definition) is 2. The minimum atomic E-state index is -0.231. The molecule has 0 spiro atoms. The molecule has 1 aliphatic rings. The number of benzene rings is 1. The molecule has 22 heavy (non-hydrogen) atoms. The van der Waals surface area contributed by atoms with Gasteiger partial charge in [0.05, 0.1) is 24.6 Å². The van der Waals surface area contributed by atoms with Crippen LogP contribution in [0.25, 0.3) is 0 Å². The summed E-state index contributed by atoms with van der Waals surface area (Å²) in [7, 11) is 0. The third-order valence-electron chi connectivity index (χ3n) is 3.40. The van der Waals surface area contributed by atoms with Gasteiger partial charge in [0.1, 0.15) is 5.76 Å². The van der Waals surface area contributed by atoms with Crippen molar-refractivity contribution in [3.63, 3.8) is 0 Å². The SMILES string of the molecule is O=C(CNC(=O)C1Cc2ccccc2S1)NCc1ccco1. The van der Waals surface area contributed by atoms with E-state index in [-0.39, 0.29) is 23.6 Å². The van der Waals surface area contributed by atoms with Gasteiger partial charge in [0.25, 0.3) is 0 Å². The van der Waals surface area contributed by atoms with Crippen LogP contribution in [0.3, 0.4) is 0 Å². The number of thioether (sulfide) groups is 1. The number of amides is 2. The Balaban J connectivity index is 1.42. The van der Waals surface area contributed by atoms with Gasteiger partial charge < -0.3 is 15.1 Å². The summed E-state index contributed by atoms with van der Waals surface area (Å²) in [5.41, 5.74) is 1.19. The average molecular weight is 316 g/mol. The lowest BCUT2D eigenvalue weighted by Crippen LogP contribution is -2.40. The second-order valence-electron chi connectivity index (χ2n) is 4.99. The van der Waals surface area contributed by atoms with Gasteiger partial charge in [-0.25, -0.2) is 0 Å². The van der Waals surface area contributed by atoms with E-state index in [1.807, 2.05) is 24.3 Å². The summed E-state index contributed by atoms with van der Waals surface area (Å²) < 4.78 is 5.12. The van der Waals surface area contributed by atoms with Crippen molar-refractivity contribution in [2.75, 3.05) is 6.54 Å². The summed E-state index contributed by atoms with van der Waals surface area (Å²) in [6.07, 6.45) is 2.26. The summed E-state index contributed by atoms with van der Waals surface area (Å²) >= 11 is 1.55. The van der Waals surface area contributed by atoms with Crippen LogP contribution < -0.4 is 10.6 Å². The number of nitrogens with one attached hydrogen (secondary N) is 2. The maximum Gasteiger partial charge on any atom is 0.239 e. The largest absolute Gasteiger partial charge is 0.467 e. The molecule has 1 atom stereocenters. The molecule has 2 heterocycles. The standard InChI is InChI=1S/C16H16N2O3S/c19-15(17-9-12-5-3-7-21-12)10-18-16(20)14-8-11-4-1-2-6-13(11)22-14/h1-7,14H,8-10H2,(H,17,19)(H,18,20). The molecule has 2 N–H and O–H groups in total. The van der Waals surface area contributed by atoms with Crippen LogP contribution in [0, 0.1) is 0 Å². The van der Waals surface area contributed by atoms with Crippen molar-refractivity contribution < 1.29 is 14.0 Å². The summed E-state index contributed by atoms with van der Waals surface area (Å²) in [6.45, 7) is 0.304. The number of carbonyl (C=O) groups excluding carboxylic acids is 2. The lowest BCUT2D eigenvalue weighted by molar-refractivity contribution is -0.125. The molecule has 2 amide bonds. The van der Waals surface area contributed by atoms with Crippen LogP contribution in [0.1, 0.15) is 11.3 Å². The summed E-state index contributed by atoms with van der Waals surface area (Å²) in [4.78, 5) is 25.0. The van der Waals surface area contributed by atoms with E-state index in [0.717, 1.165) is 4.90 Å². The van der Waals surface area contributed by atoms with Crippen LogP contribution in [-0.4, -0.2) is 23.6 Å². The fraction of sp³-hybridized carbons (Fsp3) is 0.250. The average Bonchev–Trinajstić information content (AvgIpc) is 3.19. The Morgan fingerprint density at radius 3 is 2.82 bits per heavy atom. The highest BCUT2D eigenvalue weighted by atomic mass is 32.2. The minimum absolute atomic E-state index is 0.0209. The number of furan rings is 1. The maximum atomic E-state index is 12.1. The highest BCUT2D eigenvalue weighted by Gasteiger charge is 2.27. The molecule has 5 nitrogen and oxygen atoms in total. The lowest BCUT2D eigenvalue weighted by Gasteiger charge is -2.09. The number of hydrogen-bond acceptors (Lipinski definition) is 4. The van der Waals surface area contributed by atoms with Crippen LogP contribution in [0.2, 0.25) is 0 Å². The molecule has 114 valence electrons. The Bertz CT molecular complexity index is 645. The molecule has 0 radical (unpaired) electrons. The summed E-state index contributed by atoms with van der Waals surface area (Å²) in [6, 6.07) is 11.5. The first-order chi connectivity index (χ1) is 10.7. The second kappa shape index (κ2) is 6.70. The molecule has 0 fully saturated rings. The highest BCUT2D eigenvalue weighted by Crippen LogP contribution is 2.36. The monoisotopic (exact) mass is 316 g/mol. The number of rotatable bonds is 5. The van der Waals surface area contributed by atoms with Crippen LogP contribution >= 0.6 is 11.8 Å². The van der Waals surface area contributed by atoms with E-state index in [1.165, 1.54) is 5.56 Å². The topological polar surface area (TPSA) is 71.3 Å². The van der Waals surface area contributed by atoms with E-state index in [1.54, 1.807) is 30.2 Å². The molecule has 6 heteroatoms. The van der Waals surface area contributed by atoms with Gasteiger partial charge in [-0.2, -0.15) is 0 Å². The third kappa shape index (κ3) is 3.51. The van der Waals surface area contributed by atoms with Gasteiger partial charge >= 0.3 is 0 Å². The molecule has 2 aromatic rings. The van der Waals surface area contributed by atoms with Crippen molar-refractivity contribution in [3.8, 4) is 0 Å². The van der Waals surface area contributed by atoms with Crippen LogP contribution in [0.15, 0.2) is 52.0 Å². The molecule has 1 aromatic heterocycles. The van der Waals surface area contributed by atoms with E-state index in [9.17, 15) is 9.59 Å². The van der Waals surface area contributed by atoms with Crippen LogP contribution in [0.5, 0.6) is 0 Å². The minimum Gasteiger partial charge on any atom is -0.467 e. The molecule has 0 saturated heterocycles. The first-order valence-corrected chi connectivity index (χ1v) is 7.91.